The summed E-state index contributed by atoms with van der Waals surface area (Å²) in [5.74, 6) is 6.04. The summed E-state index contributed by atoms with van der Waals surface area (Å²) in [5, 5.41) is 0. The smallest absolute Gasteiger partial charge is 0.0331 e. The lowest BCUT2D eigenvalue weighted by molar-refractivity contribution is 0.0995. The normalized spacial score (nSPS) is 20.8. The molecule has 0 spiro atoms. The van der Waals surface area contributed by atoms with Crippen LogP contribution in [-0.2, 0) is 0 Å². The molecule has 1 unspecified atom stereocenters. The Morgan fingerprint density at radius 1 is 1.19 bits per heavy atom. The molecule has 1 heterocycles. The highest BCUT2D eigenvalue weighted by atomic mass is 15.2. The van der Waals surface area contributed by atoms with Crippen LogP contribution in [0.15, 0.2) is 0 Å². The van der Waals surface area contributed by atoms with Gasteiger partial charge in [0.05, 0.1) is 0 Å². The van der Waals surface area contributed by atoms with Crippen LogP contribution in [0, 0.1) is 11.8 Å². The predicted octanol–water partition coefficient (Wildman–Crippen LogP) is 2.38. The SMILES string of the molecule is CC#CCC(N)C(C)(C)N1CCCCCC1. The number of nitrogens with zero attached hydrogens (tertiary/aromatic N) is 1. The minimum absolute atomic E-state index is 0.0776. The van der Waals surface area contributed by atoms with Gasteiger partial charge >= 0.3 is 0 Å². The second kappa shape index (κ2) is 6.27. The van der Waals surface area contributed by atoms with E-state index in [1.54, 1.807) is 0 Å². The zero-order valence-corrected chi connectivity index (χ0v) is 11.1. The van der Waals surface area contributed by atoms with Gasteiger partial charge in [-0.05, 0) is 46.7 Å². The first kappa shape index (κ1) is 13.5. The van der Waals surface area contributed by atoms with Crippen molar-refractivity contribution in [2.24, 2.45) is 5.73 Å². The quantitative estimate of drug-likeness (QED) is 0.743. The average molecular weight is 222 g/mol. The molecule has 0 amide bonds. The summed E-state index contributed by atoms with van der Waals surface area (Å²) in [5.41, 5.74) is 6.35. The molecule has 2 N–H and O–H groups in total. The summed E-state index contributed by atoms with van der Waals surface area (Å²) in [7, 11) is 0. The van der Waals surface area contributed by atoms with Crippen LogP contribution in [0.3, 0.4) is 0 Å². The standard InChI is InChI=1S/C14H26N2/c1-4-5-10-13(15)14(2,3)16-11-8-6-7-9-12-16/h13H,6-12,15H2,1-3H3. The molecule has 16 heavy (non-hydrogen) atoms. The monoisotopic (exact) mass is 222 g/mol. The van der Waals surface area contributed by atoms with Gasteiger partial charge in [0.15, 0.2) is 0 Å². The van der Waals surface area contributed by atoms with Crippen LogP contribution in [-0.4, -0.2) is 29.6 Å². The van der Waals surface area contributed by atoms with Crippen LogP contribution < -0.4 is 5.73 Å². The van der Waals surface area contributed by atoms with Crippen LogP contribution in [0.2, 0.25) is 0 Å². The van der Waals surface area contributed by atoms with Gasteiger partial charge in [0.25, 0.3) is 0 Å². The number of hydrogen-bond donors (Lipinski definition) is 1. The third kappa shape index (κ3) is 3.50. The molecule has 0 aromatic carbocycles. The zero-order valence-electron chi connectivity index (χ0n) is 11.1. The van der Waals surface area contributed by atoms with Crippen molar-refractivity contribution in [3.8, 4) is 11.8 Å². The van der Waals surface area contributed by atoms with Crippen molar-refractivity contribution < 1.29 is 0 Å². The van der Waals surface area contributed by atoms with Crippen LogP contribution in [0.5, 0.6) is 0 Å². The van der Waals surface area contributed by atoms with Gasteiger partial charge in [-0.15, -0.1) is 11.8 Å². The summed E-state index contributed by atoms with van der Waals surface area (Å²) in [6, 6.07) is 0.151. The molecule has 1 aliphatic rings. The molecule has 92 valence electrons. The molecular formula is C14H26N2. The van der Waals surface area contributed by atoms with Crippen LogP contribution in [0.25, 0.3) is 0 Å². The summed E-state index contributed by atoms with van der Waals surface area (Å²) in [6.07, 6.45) is 6.18. The first-order chi connectivity index (χ1) is 7.59. The first-order valence-electron chi connectivity index (χ1n) is 6.49. The van der Waals surface area contributed by atoms with Gasteiger partial charge in [0, 0.05) is 18.0 Å². The largest absolute Gasteiger partial charge is 0.325 e. The summed E-state index contributed by atoms with van der Waals surface area (Å²) < 4.78 is 0. The fourth-order valence-electron chi connectivity index (χ4n) is 2.34. The van der Waals surface area contributed by atoms with Crippen LogP contribution >= 0.6 is 0 Å². The summed E-state index contributed by atoms with van der Waals surface area (Å²) >= 11 is 0. The maximum atomic E-state index is 6.28. The average Bonchev–Trinajstić information content (AvgIpc) is 2.54. The third-order valence-electron chi connectivity index (χ3n) is 3.83. The number of likely N-dealkylation sites (tertiary alicyclic amines) is 1. The molecule has 2 nitrogen and oxygen atoms in total. The maximum absolute atomic E-state index is 6.28. The Bertz CT molecular complexity index is 252. The second-order valence-electron chi connectivity index (χ2n) is 5.29. The van der Waals surface area contributed by atoms with Crippen molar-refractivity contribution in [2.45, 2.75) is 64.5 Å². The van der Waals surface area contributed by atoms with Crippen LogP contribution in [0.4, 0.5) is 0 Å². The molecule has 1 saturated heterocycles. The topological polar surface area (TPSA) is 29.3 Å². The van der Waals surface area contributed by atoms with Gasteiger partial charge in [-0.2, -0.15) is 0 Å². The molecule has 2 heteroatoms. The van der Waals surface area contributed by atoms with E-state index in [4.69, 9.17) is 5.73 Å². The van der Waals surface area contributed by atoms with Crippen molar-refractivity contribution in [3.63, 3.8) is 0 Å². The van der Waals surface area contributed by atoms with Crippen molar-refractivity contribution in [1.82, 2.24) is 4.90 Å². The van der Waals surface area contributed by atoms with Gasteiger partial charge in [-0.3, -0.25) is 4.90 Å². The highest BCUT2D eigenvalue weighted by Gasteiger charge is 2.32. The Balaban J connectivity index is 2.60. The Morgan fingerprint density at radius 2 is 1.75 bits per heavy atom. The highest BCUT2D eigenvalue weighted by Crippen LogP contribution is 2.23. The minimum Gasteiger partial charge on any atom is -0.325 e. The Hall–Kier alpha value is -0.520. The van der Waals surface area contributed by atoms with Gasteiger partial charge < -0.3 is 5.73 Å². The predicted molar refractivity (Wildman–Crippen MR) is 70.2 cm³/mol. The Labute approximate surface area is 101 Å². The van der Waals surface area contributed by atoms with Crippen molar-refractivity contribution in [1.29, 1.82) is 0 Å². The molecule has 0 radical (unpaired) electrons. The van der Waals surface area contributed by atoms with Gasteiger partial charge in [0.2, 0.25) is 0 Å². The van der Waals surface area contributed by atoms with Gasteiger partial charge in [-0.25, -0.2) is 0 Å². The zero-order chi connectivity index (χ0) is 12.0. The first-order valence-corrected chi connectivity index (χ1v) is 6.49. The van der Waals surface area contributed by atoms with E-state index >= 15 is 0 Å². The summed E-state index contributed by atoms with van der Waals surface area (Å²) in [4.78, 5) is 2.56. The number of rotatable bonds is 3. The summed E-state index contributed by atoms with van der Waals surface area (Å²) in [6.45, 7) is 8.80. The number of hydrogen-bond acceptors (Lipinski definition) is 2. The van der Waals surface area contributed by atoms with Crippen molar-refractivity contribution in [3.05, 3.63) is 0 Å². The second-order valence-corrected chi connectivity index (χ2v) is 5.29. The molecule has 1 atom stereocenters. The van der Waals surface area contributed by atoms with Gasteiger partial charge in [-0.1, -0.05) is 12.8 Å². The Kier molecular flexibility index (Phi) is 5.31. The molecule has 1 aliphatic heterocycles. The minimum atomic E-state index is 0.0776. The van der Waals surface area contributed by atoms with E-state index in [9.17, 15) is 0 Å². The van der Waals surface area contributed by atoms with Gasteiger partial charge in [0.1, 0.15) is 0 Å². The molecule has 0 aromatic rings. The Morgan fingerprint density at radius 3 is 2.25 bits per heavy atom. The molecule has 0 aromatic heterocycles. The van der Waals surface area contributed by atoms with E-state index in [0.29, 0.717) is 0 Å². The van der Waals surface area contributed by atoms with Crippen molar-refractivity contribution >= 4 is 0 Å². The molecule has 0 saturated carbocycles. The molecule has 0 bridgehead atoms. The van der Waals surface area contributed by atoms with E-state index in [1.165, 1.54) is 38.8 Å². The molecule has 0 aliphatic carbocycles. The fraction of sp³-hybridized carbons (Fsp3) is 0.857. The van der Waals surface area contributed by atoms with E-state index in [-0.39, 0.29) is 11.6 Å². The third-order valence-corrected chi connectivity index (χ3v) is 3.83. The van der Waals surface area contributed by atoms with Crippen molar-refractivity contribution in [2.75, 3.05) is 13.1 Å². The molecule has 1 rings (SSSR count). The fourth-order valence-corrected chi connectivity index (χ4v) is 2.34. The van der Waals surface area contributed by atoms with E-state index in [2.05, 4.69) is 30.6 Å². The lowest BCUT2D eigenvalue weighted by Gasteiger charge is -2.41. The van der Waals surface area contributed by atoms with E-state index in [1.807, 2.05) is 6.92 Å². The van der Waals surface area contributed by atoms with E-state index < -0.39 is 0 Å². The van der Waals surface area contributed by atoms with E-state index in [0.717, 1.165) is 6.42 Å². The molecular weight excluding hydrogens is 196 g/mol. The lowest BCUT2D eigenvalue weighted by atomic mass is 9.90. The number of nitrogens with two attached hydrogens (primary N) is 1. The van der Waals surface area contributed by atoms with Crippen LogP contribution in [0.1, 0.15) is 52.9 Å². The highest BCUT2D eigenvalue weighted by molar-refractivity contribution is 5.03. The molecule has 1 fully saturated rings. The lowest BCUT2D eigenvalue weighted by Crippen LogP contribution is -2.56. The maximum Gasteiger partial charge on any atom is 0.0331 e.